The number of azide groups is 1. The first kappa shape index (κ1) is 7.38. The first-order chi connectivity index (χ1) is 4.74. The molecule has 0 N–H and O–H groups in total. The van der Waals surface area contributed by atoms with Gasteiger partial charge in [-0.2, -0.15) is 0 Å². The van der Waals surface area contributed by atoms with Crippen molar-refractivity contribution >= 4 is 16.8 Å². The zero-order valence-electron chi connectivity index (χ0n) is 5.20. The van der Waals surface area contributed by atoms with E-state index in [1.54, 1.807) is 0 Å². The molecule has 0 radical (unpaired) electrons. The summed E-state index contributed by atoms with van der Waals surface area (Å²) in [5, 5.41) is 3.12. The summed E-state index contributed by atoms with van der Waals surface area (Å²) in [7, 11) is 0. The van der Waals surface area contributed by atoms with Gasteiger partial charge in [0.15, 0.2) is 0 Å². The Hall–Kier alpha value is -0.730. The Kier molecular flexibility index (Phi) is 2.14. The summed E-state index contributed by atoms with van der Waals surface area (Å²) >= 11 is 5.17. The second kappa shape index (κ2) is 2.90. The van der Waals surface area contributed by atoms with E-state index in [4.69, 9.17) is 17.1 Å². The Morgan fingerprint density at radius 1 is 1.70 bits per heavy atom. The van der Waals surface area contributed by atoms with Crippen molar-refractivity contribution in [3.05, 3.63) is 10.4 Å². The average molecular weight is 160 g/mol. The third-order valence-electron chi connectivity index (χ3n) is 1.65. The van der Waals surface area contributed by atoms with Crippen LogP contribution in [0, 0.1) is 5.92 Å². The molecule has 10 heavy (non-hydrogen) atoms. The summed E-state index contributed by atoms with van der Waals surface area (Å²) < 4.78 is 0. The van der Waals surface area contributed by atoms with E-state index >= 15 is 0 Å². The van der Waals surface area contributed by atoms with Gasteiger partial charge in [0.2, 0.25) is 5.24 Å². The molecule has 0 amide bonds. The van der Waals surface area contributed by atoms with Gasteiger partial charge < -0.3 is 0 Å². The van der Waals surface area contributed by atoms with Gasteiger partial charge in [-0.3, -0.25) is 4.79 Å². The molecule has 1 rings (SSSR count). The lowest BCUT2D eigenvalue weighted by molar-refractivity contribution is -0.117. The van der Waals surface area contributed by atoms with Crippen LogP contribution < -0.4 is 0 Å². The van der Waals surface area contributed by atoms with E-state index in [0.29, 0.717) is 12.8 Å². The third-order valence-corrected chi connectivity index (χ3v) is 1.96. The lowest BCUT2D eigenvalue weighted by atomic mass is 9.82. The monoisotopic (exact) mass is 159 g/mol. The van der Waals surface area contributed by atoms with Crippen LogP contribution in [0.15, 0.2) is 5.11 Å². The molecule has 0 atom stereocenters. The zero-order valence-corrected chi connectivity index (χ0v) is 5.95. The van der Waals surface area contributed by atoms with E-state index in [0.717, 1.165) is 0 Å². The van der Waals surface area contributed by atoms with Gasteiger partial charge in [0.25, 0.3) is 0 Å². The van der Waals surface area contributed by atoms with Gasteiger partial charge in [-0.15, -0.1) is 0 Å². The Morgan fingerprint density at radius 2 is 2.30 bits per heavy atom. The highest BCUT2D eigenvalue weighted by Gasteiger charge is 2.32. The van der Waals surface area contributed by atoms with Crippen LogP contribution in [0.2, 0.25) is 0 Å². The van der Waals surface area contributed by atoms with Gasteiger partial charge in [0.05, 0.1) is 0 Å². The maximum absolute atomic E-state index is 10.4. The van der Waals surface area contributed by atoms with Gasteiger partial charge >= 0.3 is 0 Å². The van der Waals surface area contributed by atoms with Gasteiger partial charge in [0.1, 0.15) is 0 Å². The number of hydrogen-bond acceptors (Lipinski definition) is 2. The molecule has 0 aromatic carbocycles. The number of nitrogens with zero attached hydrogens (tertiary/aromatic N) is 3. The summed E-state index contributed by atoms with van der Waals surface area (Å²) in [5.74, 6) is -0.0721. The van der Waals surface area contributed by atoms with Crippen molar-refractivity contribution in [3.8, 4) is 0 Å². The van der Waals surface area contributed by atoms with Crippen molar-refractivity contribution in [1.82, 2.24) is 0 Å². The second-order valence-electron chi connectivity index (χ2n) is 2.33. The van der Waals surface area contributed by atoms with Crippen molar-refractivity contribution in [1.29, 1.82) is 0 Å². The van der Waals surface area contributed by atoms with E-state index < -0.39 is 0 Å². The minimum atomic E-state index is -0.315. The highest BCUT2D eigenvalue weighted by Crippen LogP contribution is 2.31. The topological polar surface area (TPSA) is 65.8 Å². The molecule has 0 bridgehead atoms. The van der Waals surface area contributed by atoms with Crippen LogP contribution in [-0.2, 0) is 4.79 Å². The number of hydrogen-bond donors (Lipinski definition) is 0. The molecule has 4 nitrogen and oxygen atoms in total. The predicted molar refractivity (Wildman–Crippen MR) is 36.5 cm³/mol. The zero-order chi connectivity index (χ0) is 7.56. The molecule has 1 aliphatic carbocycles. The minimum absolute atomic E-state index is 0.00213. The molecule has 0 saturated heterocycles. The first-order valence-electron chi connectivity index (χ1n) is 2.97. The molecule has 1 saturated carbocycles. The van der Waals surface area contributed by atoms with Crippen LogP contribution >= 0.6 is 11.6 Å². The van der Waals surface area contributed by atoms with Crippen LogP contribution in [-0.4, -0.2) is 11.3 Å². The quantitative estimate of drug-likeness (QED) is 0.262. The van der Waals surface area contributed by atoms with Crippen molar-refractivity contribution in [3.63, 3.8) is 0 Å². The summed E-state index contributed by atoms with van der Waals surface area (Å²) in [4.78, 5) is 13.0. The summed E-state index contributed by atoms with van der Waals surface area (Å²) in [6.45, 7) is 0. The highest BCUT2D eigenvalue weighted by molar-refractivity contribution is 6.64. The highest BCUT2D eigenvalue weighted by atomic mass is 35.5. The molecule has 0 spiro atoms. The van der Waals surface area contributed by atoms with Gasteiger partial charge in [-0.25, -0.2) is 0 Å². The molecule has 0 aliphatic heterocycles. The van der Waals surface area contributed by atoms with E-state index in [9.17, 15) is 4.79 Å². The summed E-state index contributed by atoms with van der Waals surface area (Å²) in [5.41, 5.74) is 7.97. The van der Waals surface area contributed by atoms with Crippen LogP contribution in [0.25, 0.3) is 10.4 Å². The fourth-order valence-electron chi connectivity index (χ4n) is 0.940. The van der Waals surface area contributed by atoms with Gasteiger partial charge in [0, 0.05) is 16.9 Å². The fraction of sp³-hybridized carbons (Fsp3) is 0.800. The van der Waals surface area contributed by atoms with E-state index in [1.165, 1.54) is 0 Å². The molecule has 0 unspecified atom stereocenters. The van der Waals surface area contributed by atoms with Crippen LogP contribution in [0.5, 0.6) is 0 Å². The predicted octanol–water partition coefficient (Wildman–Crippen LogP) is 1.84. The summed E-state index contributed by atoms with van der Waals surface area (Å²) in [6, 6.07) is -0.00213. The maximum Gasteiger partial charge on any atom is 0.224 e. The molecule has 0 aromatic heterocycles. The van der Waals surface area contributed by atoms with Crippen LogP contribution in [0.3, 0.4) is 0 Å². The molecule has 1 aliphatic rings. The van der Waals surface area contributed by atoms with E-state index in [1.807, 2.05) is 0 Å². The van der Waals surface area contributed by atoms with Crippen molar-refractivity contribution in [2.24, 2.45) is 11.0 Å². The van der Waals surface area contributed by atoms with Crippen LogP contribution in [0.1, 0.15) is 12.8 Å². The van der Waals surface area contributed by atoms with Gasteiger partial charge in [-0.1, -0.05) is 5.11 Å². The van der Waals surface area contributed by atoms with Crippen molar-refractivity contribution in [2.45, 2.75) is 18.9 Å². The number of rotatable bonds is 2. The van der Waals surface area contributed by atoms with E-state index in [-0.39, 0.29) is 17.2 Å². The fourth-order valence-corrected chi connectivity index (χ4v) is 1.12. The molecule has 0 aromatic rings. The molecule has 1 fully saturated rings. The molecule has 54 valence electrons. The Balaban J connectivity index is 2.30. The lowest BCUT2D eigenvalue weighted by Gasteiger charge is -2.28. The normalized spacial score (nSPS) is 30.1. The molecule has 5 heteroatoms. The molecule has 0 heterocycles. The lowest BCUT2D eigenvalue weighted by Crippen LogP contribution is -2.30. The SMILES string of the molecule is [N-]=[N+]=NC1CC(C(=O)Cl)C1. The summed E-state index contributed by atoms with van der Waals surface area (Å²) in [6.07, 6.45) is 1.23. The smallest absolute Gasteiger partial charge is 0.224 e. The van der Waals surface area contributed by atoms with Crippen LogP contribution in [0.4, 0.5) is 0 Å². The number of carbonyl (C=O) groups is 1. The Labute approximate surface area is 62.8 Å². The second-order valence-corrected chi connectivity index (χ2v) is 2.70. The minimum Gasteiger partial charge on any atom is -0.281 e. The number of carbonyl (C=O) groups excluding carboxylic acids is 1. The van der Waals surface area contributed by atoms with E-state index in [2.05, 4.69) is 10.0 Å². The Bertz CT molecular complexity index is 187. The van der Waals surface area contributed by atoms with Gasteiger partial charge in [-0.05, 0) is 30.0 Å². The number of halogens is 1. The largest absolute Gasteiger partial charge is 0.281 e. The Morgan fingerprint density at radius 3 is 2.70 bits per heavy atom. The van der Waals surface area contributed by atoms with Crippen molar-refractivity contribution < 1.29 is 4.79 Å². The average Bonchev–Trinajstić information content (AvgIpc) is 1.76. The van der Waals surface area contributed by atoms with Crippen molar-refractivity contribution in [2.75, 3.05) is 0 Å². The molecular weight excluding hydrogens is 154 g/mol. The third kappa shape index (κ3) is 1.40. The first-order valence-corrected chi connectivity index (χ1v) is 3.35. The maximum atomic E-state index is 10.4. The standard InChI is InChI=1S/C5H6ClN3O/c6-5(10)3-1-4(2-3)8-9-7/h3-4H,1-2H2. The molecular formula is C5H6ClN3O.